The lowest BCUT2D eigenvalue weighted by Gasteiger charge is -2.35. The highest BCUT2D eigenvalue weighted by atomic mass is 16.3. The van der Waals surface area contributed by atoms with E-state index >= 15 is 0 Å². The first-order valence-electron chi connectivity index (χ1n) is 4.19. The third kappa shape index (κ3) is 2.62. The van der Waals surface area contributed by atoms with E-state index in [-0.39, 0.29) is 6.61 Å². The van der Waals surface area contributed by atoms with Gasteiger partial charge in [-0.15, -0.1) is 0 Å². The maximum Gasteiger partial charge on any atom is 0.0710 e. The fourth-order valence-corrected chi connectivity index (χ4v) is 1.13. The number of aliphatic hydroxyl groups excluding tert-OH is 5. The van der Waals surface area contributed by atoms with Crippen molar-refractivity contribution in [1.29, 1.82) is 0 Å². The van der Waals surface area contributed by atoms with Crippen molar-refractivity contribution in [3.8, 4) is 0 Å². The summed E-state index contributed by atoms with van der Waals surface area (Å²) in [5, 5.41) is 45.1. The van der Waals surface area contributed by atoms with E-state index in [1.54, 1.807) is 6.92 Å². The van der Waals surface area contributed by atoms with Gasteiger partial charge in [-0.1, -0.05) is 6.92 Å². The Kier molecular flexibility index (Phi) is 5.43. The fourth-order valence-electron chi connectivity index (χ4n) is 1.13. The van der Waals surface area contributed by atoms with Crippen molar-refractivity contribution in [3.63, 3.8) is 0 Å². The van der Waals surface area contributed by atoms with E-state index in [4.69, 9.17) is 20.4 Å². The summed E-state index contributed by atoms with van der Waals surface area (Å²) in [7, 11) is 0. The average molecular weight is 194 g/mol. The molecule has 0 aromatic heterocycles. The lowest BCUT2D eigenvalue weighted by molar-refractivity contribution is -0.109. The van der Waals surface area contributed by atoms with Gasteiger partial charge in [0.1, 0.15) is 0 Å². The molecule has 0 spiro atoms. The van der Waals surface area contributed by atoms with Crippen LogP contribution in [0.1, 0.15) is 6.92 Å². The molecule has 0 radical (unpaired) electrons. The standard InChI is InChI=1S/C8H18O5/c1-6(2-9)7(13)8(3-10,4-11)5-12/h6-7,9-13H,2-5H2,1H3. The van der Waals surface area contributed by atoms with Crippen molar-refractivity contribution < 1.29 is 25.5 Å². The Morgan fingerprint density at radius 1 is 1.00 bits per heavy atom. The van der Waals surface area contributed by atoms with Crippen LogP contribution in [0.25, 0.3) is 0 Å². The van der Waals surface area contributed by atoms with E-state index in [0.29, 0.717) is 0 Å². The minimum atomic E-state index is -1.33. The van der Waals surface area contributed by atoms with E-state index < -0.39 is 37.3 Å². The molecule has 0 bridgehead atoms. The van der Waals surface area contributed by atoms with Crippen LogP contribution in [-0.2, 0) is 0 Å². The highest BCUT2D eigenvalue weighted by molar-refractivity contribution is 4.87. The molecule has 0 aliphatic heterocycles. The maximum atomic E-state index is 9.59. The van der Waals surface area contributed by atoms with Crippen LogP contribution >= 0.6 is 0 Å². The molecule has 0 aromatic rings. The highest BCUT2D eigenvalue weighted by Crippen LogP contribution is 2.25. The van der Waals surface area contributed by atoms with Gasteiger partial charge in [0.05, 0.1) is 31.3 Å². The van der Waals surface area contributed by atoms with Crippen molar-refractivity contribution in [3.05, 3.63) is 0 Å². The smallest absolute Gasteiger partial charge is 0.0710 e. The van der Waals surface area contributed by atoms with E-state index in [2.05, 4.69) is 0 Å². The summed E-state index contributed by atoms with van der Waals surface area (Å²) in [4.78, 5) is 0. The Balaban J connectivity index is 4.52. The highest BCUT2D eigenvalue weighted by Gasteiger charge is 2.39. The molecule has 2 unspecified atom stereocenters. The molecular weight excluding hydrogens is 176 g/mol. The third-order valence-electron chi connectivity index (χ3n) is 2.40. The van der Waals surface area contributed by atoms with E-state index in [9.17, 15) is 5.11 Å². The van der Waals surface area contributed by atoms with Gasteiger partial charge in [-0.3, -0.25) is 0 Å². The van der Waals surface area contributed by atoms with Gasteiger partial charge < -0.3 is 25.5 Å². The van der Waals surface area contributed by atoms with Gasteiger partial charge in [0.25, 0.3) is 0 Å². The van der Waals surface area contributed by atoms with Gasteiger partial charge in [0, 0.05) is 12.5 Å². The Bertz CT molecular complexity index is 126. The number of hydrogen-bond acceptors (Lipinski definition) is 5. The minimum absolute atomic E-state index is 0.261. The molecule has 0 aliphatic carbocycles. The SMILES string of the molecule is CC(CO)C(O)C(CO)(CO)CO. The van der Waals surface area contributed by atoms with Gasteiger partial charge >= 0.3 is 0 Å². The lowest BCUT2D eigenvalue weighted by Crippen LogP contribution is -2.48. The predicted octanol–water partition coefficient (Wildman–Crippen LogP) is -2.06. The van der Waals surface area contributed by atoms with Crippen LogP contribution in [0.2, 0.25) is 0 Å². The van der Waals surface area contributed by atoms with Crippen LogP contribution in [0.4, 0.5) is 0 Å². The zero-order chi connectivity index (χ0) is 10.5. The summed E-state index contributed by atoms with van der Waals surface area (Å²) in [5.41, 5.74) is -1.33. The van der Waals surface area contributed by atoms with Crippen molar-refractivity contribution in [2.75, 3.05) is 26.4 Å². The summed E-state index contributed by atoms with van der Waals surface area (Å²) in [6.07, 6.45) is -1.13. The van der Waals surface area contributed by atoms with Gasteiger partial charge in [-0.25, -0.2) is 0 Å². The van der Waals surface area contributed by atoms with Crippen molar-refractivity contribution in [2.45, 2.75) is 13.0 Å². The van der Waals surface area contributed by atoms with Crippen LogP contribution in [-0.4, -0.2) is 58.1 Å². The number of rotatable bonds is 6. The van der Waals surface area contributed by atoms with Crippen LogP contribution in [0.5, 0.6) is 0 Å². The molecule has 0 saturated heterocycles. The summed E-state index contributed by atoms with van der Waals surface area (Å²) in [5.74, 6) is -0.494. The predicted molar refractivity (Wildman–Crippen MR) is 45.9 cm³/mol. The molecule has 5 N–H and O–H groups in total. The zero-order valence-electron chi connectivity index (χ0n) is 7.72. The van der Waals surface area contributed by atoms with Gasteiger partial charge in [-0.2, -0.15) is 0 Å². The van der Waals surface area contributed by atoms with E-state index in [0.717, 1.165) is 0 Å². The molecule has 13 heavy (non-hydrogen) atoms. The Hall–Kier alpha value is -0.200. The molecule has 0 aliphatic rings. The zero-order valence-corrected chi connectivity index (χ0v) is 7.72. The summed E-state index contributed by atoms with van der Waals surface area (Å²) in [6.45, 7) is -0.258. The van der Waals surface area contributed by atoms with Gasteiger partial charge in [0.2, 0.25) is 0 Å². The second-order valence-electron chi connectivity index (χ2n) is 3.44. The second-order valence-corrected chi connectivity index (χ2v) is 3.44. The summed E-state index contributed by atoms with van der Waals surface area (Å²) >= 11 is 0. The first-order valence-corrected chi connectivity index (χ1v) is 4.19. The fraction of sp³-hybridized carbons (Fsp3) is 1.00. The molecule has 0 amide bonds. The van der Waals surface area contributed by atoms with Crippen molar-refractivity contribution in [1.82, 2.24) is 0 Å². The monoisotopic (exact) mass is 194 g/mol. The molecule has 5 heteroatoms. The maximum absolute atomic E-state index is 9.59. The normalized spacial score (nSPS) is 17.1. The van der Waals surface area contributed by atoms with Crippen LogP contribution in [0.3, 0.4) is 0 Å². The Morgan fingerprint density at radius 3 is 1.62 bits per heavy atom. The van der Waals surface area contributed by atoms with Gasteiger partial charge in [-0.05, 0) is 0 Å². The van der Waals surface area contributed by atoms with Crippen LogP contribution in [0.15, 0.2) is 0 Å². The van der Waals surface area contributed by atoms with Crippen LogP contribution < -0.4 is 0 Å². The Morgan fingerprint density at radius 2 is 1.38 bits per heavy atom. The van der Waals surface area contributed by atoms with Crippen molar-refractivity contribution in [2.24, 2.45) is 11.3 Å². The van der Waals surface area contributed by atoms with Crippen LogP contribution in [0, 0.1) is 11.3 Å². The molecule has 5 nitrogen and oxygen atoms in total. The third-order valence-corrected chi connectivity index (χ3v) is 2.40. The molecule has 0 heterocycles. The average Bonchev–Trinajstić information content (AvgIpc) is 2.20. The molecule has 0 aromatic carbocycles. The quantitative estimate of drug-likeness (QED) is 0.335. The largest absolute Gasteiger partial charge is 0.396 e. The van der Waals surface area contributed by atoms with Gasteiger partial charge in [0.15, 0.2) is 0 Å². The molecule has 2 atom stereocenters. The topological polar surface area (TPSA) is 101 Å². The summed E-state index contributed by atoms with van der Waals surface area (Å²) in [6, 6.07) is 0. The number of aliphatic hydroxyl groups is 5. The lowest BCUT2D eigenvalue weighted by atomic mass is 9.79. The second kappa shape index (κ2) is 5.51. The molecular formula is C8H18O5. The molecule has 80 valence electrons. The van der Waals surface area contributed by atoms with E-state index in [1.165, 1.54) is 0 Å². The number of hydrogen-bond donors (Lipinski definition) is 5. The van der Waals surface area contributed by atoms with Crippen molar-refractivity contribution >= 4 is 0 Å². The minimum Gasteiger partial charge on any atom is -0.396 e. The Labute approximate surface area is 77.3 Å². The summed E-state index contributed by atoms with van der Waals surface area (Å²) < 4.78 is 0. The first-order chi connectivity index (χ1) is 6.07. The first kappa shape index (κ1) is 12.8. The molecule has 0 saturated carbocycles. The van der Waals surface area contributed by atoms with E-state index in [1.807, 2.05) is 0 Å². The molecule has 0 rings (SSSR count). The molecule has 0 fully saturated rings.